The smallest absolute Gasteiger partial charge is 0.271 e. The molecule has 10 heteroatoms. The van der Waals surface area contributed by atoms with E-state index in [4.69, 9.17) is 26.1 Å². The van der Waals surface area contributed by atoms with Gasteiger partial charge in [-0.15, -0.1) is 0 Å². The minimum Gasteiger partial charge on any atom is -0.503 e. The SMILES string of the molecule is CCN(CC)C(=O)C1=C(C)N=c2s/c(=C/c3cc(Cl)c(O)c(OC)c3)c(=O)n2[C@H]1c1c(OC)ccc2ccccc12. The van der Waals surface area contributed by atoms with Gasteiger partial charge in [-0.1, -0.05) is 53.3 Å². The van der Waals surface area contributed by atoms with Crippen molar-refractivity contribution in [3.63, 3.8) is 0 Å². The van der Waals surface area contributed by atoms with Crippen LogP contribution in [-0.4, -0.2) is 47.8 Å². The Morgan fingerprint density at radius 1 is 1.12 bits per heavy atom. The Labute approximate surface area is 246 Å². The number of ether oxygens (including phenoxy) is 2. The maximum Gasteiger partial charge on any atom is 0.271 e. The van der Waals surface area contributed by atoms with Crippen molar-refractivity contribution in [1.29, 1.82) is 0 Å². The average Bonchev–Trinajstić information content (AvgIpc) is 3.27. The van der Waals surface area contributed by atoms with Crippen LogP contribution in [0.2, 0.25) is 5.02 Å². The van der Waals surface area contributed by atoms with E-state index in [0.717, 1.165) is 16.3 Å². The quantitative estimate of drug-likeness (QED) is 0.338. The molecule has 0 unspecified atom stereocenters. The number of hydrogen-bond acceptors (Lipinski definition) is 7. The van der Waals surface area contributed by atoms with E-state index in [-0.39, 0.29) is 28.0 Å². The number of aromatic hydroxyl groups is 1. The van der Waals surface area contributed by atoms with Crippen LogP contribution in [0.3, 0.4) is 0 Å². The molecule has 1 aromatic heterocycles. The molecule has 0 saturated heterocycles. The maximum absolute atomic E-state index is 14.2. The molecular weight excluding hydrogens is 562 g/mol. The topological polar surface area (TPSA) is 93.4 Å². The largest absolute Gasteiger partial charge is 0.503 e. The number of phenolic OH excluding ortho intramolecular Hbond substituents is 1. The zero-order valence-electron chi connectivity index (χ0n) is 23.4. The zero-order valence-corrected chi connectivity index (χ0v) is 25.0. The molecule has 212 valence electrons. The summed E-state index contributed by atoms with van der Waals surface area (Å²) in [4.78, 5) is 35.2. The second-order valence-electron chi connectivity index (χ2n) is 9.52. The van der Waals surface area contributed by atoms with Crippen molar-refractivity contribution in [2.75, 3.05) is 27.3 Å². The molecule has 0 radical (unpaired) electrons. The van der Waals surface area contributed by atoms with Crippen molar-refractivity contribution in [3.05, 3.63) is 95.6 Å². The maximum atomic E-state index is 14.2. The first-order chi connectivity index (χ1) is 19.7. The molecule has 1 aliphatic heterocycles. The second-order valence-corrected chi connectivity index (χ2v) is 10.9. The van der Waals surface area contributed by atoms with Crippen molar-refractivity contribution in [3.8, 4) is 17.2 Å². The third-order valence-corrected chi connectivity index (χ3v) is 8.57. The highest BCUT2D eigenvalue weighted by Crippen LogP contribution is 2.40. The van der Waals surface area contributed by atoms with Crippen LogP contribution in [0.25, 0.3) is 16.8 Å². The number of hydrogen-bond donors (Lipinski definition) is 1. The van der Waals surface area contributed by atoms with Crippen LogP contribution in [0.5, 0.6) is 17.2 Å². The number of aromatic nitrogens is 1. The molecule has 0 fully saturated rings. The number of halogens is 1. The highest BCUT2D eigenvalue weighted by Gasteiger charge is 2.36. The van der Waals surface area contributed by atoms with Gasteiger partial charge in [-0.3, -0.25) is 14.2 Å². The van der Waals surface area contributed by atoms with Crippen molar-refractivity contribution >= 4 is 45.7 Å². The highest BCUT2D eigenvalue weighted by molar-refractivity contribution is 7.07. The number of allylic oxidation sites excluding steroid dienone is 1. The predicted molar refractivity (Wildman–Crippen MR) is 162 cm³/mol. The fourth-order valence-corrected chi connectivity index (χ4v) is 6.53. The Morgan fingerprint density at radius 2 is 1.83 bits per heavy atom. The highest BCUT2D eigenvalue weighted by atomic mass is 35.5. The van der Waals surface area contributed by atoms with E-state index in [9.17, 15) is 14.7 Å². The van der Waals surface area contributed by atoms with Crippen molar-refractivity contribution in [2.24, 2.45) is 4.99 Å². The lowest BCUT2D eigenvalue weighted by Gasteiger charge is -2.30. The Bertz CT molecular complexity index is 1890. The van der Waals surface area contributed by atoms with Crippen LogP contribution in [0.4, 0.5) is 0 Å². The fourth-order valence-electron chi connectivity index (χ4n) is 5.27. The summed E-state index contributed by atoms with van der Waals surface area (Å²) in [6.07, 6.45) is 1.68. The second kappa shape index (κ2) is 11.4. The van der Waals surface area contributed by atoms with Crippen molar-refractivity contribution in [1.82, 2.24) is 9.47 Å². The molecule has 41 heavy (non-hydrogen) atoms. The molecule has 0 aliphatic carbocycles. The van der Waals surface area contributed by atoms with Gasteiger partial charge in [0.05, 0.1) is 35.0 Å². The summed E-state index contributed by atoms with van der Waals surface area (Å²) in [5, 5.41) is 12.1. The standard InChI is InChI=1S/C31H30ClN3O5S/c1-6-34(7-2)30(38)25-17(3)33-31-35(27(25)26-20-11-9-8-10-19(20)12-13-22(26)39-4)29(37)24(41-31)16-18-14-21(32)28(36)23(15-18)40-5/h8-16,27,36H,6-7H2,1-5H3/b24-16+/t27-/m1/s1. The monoisotopic (exact) mass is 591 g/mol. The molecule has 3 aromatic carbocycles. The summed E-state index contributed by atoms with van der Waals surface area (Å²) >= 11 is 7.43. The van der Waals surface area contributed by atoms with Crippen LogP contribution in [0.1, 0.15) is 37.9 Å². The van der Waals surface area contributed by atoms with Crippen molar-refractivity contribution < 1.29 is 19.4 Å². The minimum atomic E-state index is -0.777. The summed E-state index contributed by atoms with van der Waals surface area (Å²) in [5.41, 5.74) is 1.96. The number of fused-ring (bicyclic) bond motifs is 2. The molecule has 0 spiro atoms. The summed E-state index contributed by atoms with van der Waals surface area (Å²) in [6.45, 7) is 6.69. The van der Waals surface area contributed by atoms with Crippen LogP contribution in [0.15, 0.2) is 69.6 Å². The lowest BCUT2D eigenvalue weighted by Crippen LogP contribution is -2.43. The van der Waals surface area contributed by atoms with E-state index in [1.807, 2.05) is 57.2 Å². The zero-order chi connectivity index (χ0) is 29.4. The van der Waals surface area contributed by atoms with Gasteiger partial charge in [0.2, 0.25) is 0 Å². The lowest BCUT2D eigenvalue weighted by molar-refractivity contribution is -0.127. The van der Waals surface area contributed by atoms with E-state index in [1.165, 1.54) is 18.4 Å². The number of methoxy groups -OCH3 is 2. The molecule has 8 nitrogen and oxygen atoms in total. The number of carbonyl (C=O) groups is 1. The summed E-state index contributed by atoms with van der Waals surface area (Å²) in [5.74, 6) is 0.405. The number of phenols is 1. The van der Waals surface area contributed by atoms with Gasteiger partial charge in [0, 0.05) is 18.7 Å². The van der Waals surface area contributed by atoms with Crippen LogP contribution in [-0.2, 0) is 4.79 Å². The first-order valence-corrected chi connectivity index (χ1v) is 14.4. The number of benzene rings is 3. The summed E-state index contributed by atoms with van der Waals surface area (Å²) in [7, 11) is 3.01. The Hall–Kier alpha value is -4.08. The molecule has 4 aromatic rings. The van der Waals surface area contributed by atoms with E-state index < -0.39 is 6.04 Å². The van der Waals surface area contributed by atoms with E-state index in [1.54, 1.807) is 34.8 Å². The lowest BCUT2D eigenvalue weighted by atomic mass is 9.90. The van der Waals surface area contributed by atoms with Crippen molar-refractivity contribution in [2.45, 2.75) is 26.8 Å². The number of rotatable bonds is 7. The third-order valence-electron chi connectivity index (χ3n) is 7.30. The van der Waals surface area contributed by atoms with Crippen LogP contribution in [0, 0.1) is 0 Å². The number of carbonyl (C=O) groups excluding carboxylic acids is 1. The van der Waals surface area contributed by atoms with Gasteiger partial charge in [0.1, 0.15) is 11.8 Å². The van der Waals surface area contributed by atoms with Crippen LogP contribution >= 0.6 is 22.9 Å². The third kappa shape index (κ3) is 4.89. The molecule has 1 atom stereocenters. The van der Waals surface area contributed by atoms with Gasteiger partial charge >= 0.3 is 0 Å². The fraction of sp³-hybridized carbons (Fsp3) is 0.258. The summed E-state index contributed by atoms with van der Waals surface area (Å²) < 4.78 is 13.1. The number of amides is 1. The van der Waals surface area contributed by atoms with Crippen LogP contribution < -0.4 is 24.4 Å². The number of thiazole rings is 1. The van der Waals surface area contributed by atoms with Gasteiger partial charge in [0.15, 0.2) is 16.3 Å². The average molecular weight is 592 g/mol. The molecular formula is C31H30ClN3O5S. The predicted octanol–water partition coefficient (Wildman–Crippen LogP) is 4.63. The Morgan fingerprint density at radius 3 is 2.51 bits per heavy atom. The van der Waals surface area contributed by atoms with Gasteiger partial charge in [-0.2, -0.15) is 0 Å². The molecule has 5 rings (SSSR count). The molecule has 2 heterocycles. The molecule has 1 amide bonds. The Balaban J connectivity index is 1.84. The minimum absolute atomic E-state index is 0.102. The van der Waals surface area contributed by atoms with E-state index in [2.05, 4.69) is 0 Å². The van der Waals surface area contributed by atoms with E-state index in [0.29, 0.717) is 45.0 Å². The van der Waals surface area contributed by atoms with Gasteiger partial charge in [0.25, 0.3) is 11.5 Å². The first kappa shape index (κ1) is 28.4. The molecule has 1 N–H and O–H groups in total. The Kier molecular flexibility index (Phi) is 7.93. The normalized spacial score (nSPS) is 15.1. The first-order valence-electron chi connectivity index (χ1n) is 13.2. The molecule has 0 bridgehead atoms. The molecule has 1 aliphatic rings. The van der Waals surface area contributed by atoms with Gasteiger partial charge < -0.3 is 19.5 Å². The number of nitrogens with zero attached hydrogens (tertiary/aromatic N) is 3. The van der Waals surface area contributed by atoms with E-state index >= 15 is 0 Å². The number of likely N-dealkylation sites (N-methyl/N-ethyl adjacent to an activating group) is 1. The van der Waals surface area contributed by atoms with Gasteiger partial charge in [-0.25, -0.2) is 4.99 Å². The molecule has 0 saturated carbocycles. The summed E-state index contributed by atoms with van der Waals surface area (Å²) in [6, 6.07) is 14.1. The van der Waals surface area contributed by atoms with Gasteiger partial charge in [-0.05, 0) is 61.4 Å².